The highest BCUT2D eigenvalue weighted by molar-refractivity contribution is 5.91. The van der Waals surface area contributed by atoms with Gasteiger partial charge in [-0.05, 0) is 37.8 Å². The molecular weight excluding hydrogens is 294 g/mol. The molecule has 6 nitrogen and oxygen atoms in total. The van der Waals surface area contributed by atoms with Gasteiger partial charge < -0.3 is 19.5 Å². The Morgan fingerprint density at radius 3 is 2.30 bits per heavy atom. The first-order valence-corrected chi connectivity index (χ1v) is 8.62. The molecule has 0 bridgehead atoms. The van der Waals surface area contributed by atoms with Crippen LogP contribution < -0.4 is 5.32 Å². The van der Waals surface area contributed by atoms with Gasteiger partial charge in [-0.2, -0.15) is 0 Å². The molecule has 3 amide bonds. The van der Waals surface area contributed by atoms with Crippen molar-refractivity contribution < 1.29 is 14.0 Å². The molecule has 2 aliphatic heterocycles. The number of furan rings is 1. The van der Waals surface area contributed by atoms with Crippen LogP contribution in [0, 0.1) is 0 Å². The van der Waals surface area contributed by atoms with Crippen LogP contribution in [-0.4, -0.2) is 54.0 Å². The molecule has 2 fully saturated rings. The van der Waals surface area contributed by atoms with E-state index in [4.69, 9.17) is 4.42 Å². The van der Waals surface area contributed by atoms with Gasteiger partial charge in [0.05, 0.1) is 6.26 Å². The third kappa shape index (κ3) is 4.06. The van der Waals surface area contributed by atoms with Crippen molar-refractivity contribution >= 4 is 11.9 Å². The van der Waals surface area contributed by atoms with E-state index in [0.29, 0.717) is 18.8 Å². The molecule has 3 heterocycles. The second-order valence-corrected chi connectivity index (χ2v) is 6.39. The second-order valence-electron chi connectivity index (χ2n) is 6.39. The molecule has 1 aromatic rings. The Labute approximate surface area is 136 Å². The number of piperidine rings is 1. The Morgan fingerprint density at radius 1 is 1.00 bits per heavy atom. The van der Waals surface area contributed by atoms with Gasteiger partial charge in [0.15, 0.2) is 5.76 Å². The molecule has 3 rings (SSSR count). The van der Waals surface area contributed by atoms with Gasteiger partial charge in [-0.1, -0.05) is 12.8 Å². The first-order chi connectivity index (χ1) is 11.2. The monoisotopic (exact) mass is 319 g/mol. The van der Waals surface area contributed by atoms with Crippen LogP contribution >= 0.6 is 0 Å². The van der Waals surface area contributed by atoms with Crippen LogP contribution in [0.4, 0.5) is 4.79 Å². The molecule has 0 unspecified atom stereocenters. The van der Waals surface area contributed by atoms with E-state index in [1.165, 1.54) is 19.1 Å². The summed E-state index contributed by atoms with van der Waals surface area (Å²) < 4.78 is 5.16. The van der Waals surface area contributed by atoms with Gasteiger partial charge in [0.25, 0.3) is 5.91 Å². The number of amides is 3. The van der Waals surface area contributed by atoms with Gasteiger partial charge in [-0.25, -0.2) is 4.79 Å². The Balaban J connectivity index is 1.45. The van der Waals surface area contributed by atoms with Crippen molar-refractivity contribution in [3.05, 3.63) is 24.2 Å². The van der Waals surface area contributed by atoms with Crippen LogP contribution in [0.1, 0.15) is 49.1 Å². The number of likely N-dealkylation sites (tertiary alicyclic amines) is 2. The molecule has 126 valence electrons. The predicted octanol–water partition coefficient (Wildman–Crippen LogP) is 2.47. The summed E-state index contributed by atoms with van der Waals surface area (Å²) in [6, 6.07) is 3.63. The van der Waals surface area contributed by atoms with Crippen molar-refractivity contribution in [2.45, 2.75) is 44.6 Å². The van der Waals surface area contributed by atoms with Gasteiger partial charge >= 0.3 is 6.03 Å². The Hall–Kier alpha value is -1.98. The van der Waals surface area contributed by atoms with E-state index in [-0.39, 0.29) is 18.0 Å². The molecule has 2 saturated heterocycles. The molecule has 0 atom stereocenters. The van der Waals surface area contributed by atoms with Gasteiger partial charge in [-0.3, -0.25) is 4.79 Å². The van der Waals surface area contributed by atoms with Crippen LogP contribution in [0.15, 0.2) is 22.8 Å². The third-order valence-corrected chi connectivity index (χ3v) is 4.74. The molecule has 0 aliphatic carbocycles. The average molecular weight is 319 g/mol. The van der Waals surface area contributed by atoms with Gasteiger partial charge in [0.1, 0.15) is 0 Å². The fraction of sp³-hybridized carbons (Fsp3) is 0.647. The van der Waals surface area contributed by atoms with E-state index in [1.54, 1.807) is 17.0 Å². The summed E-state index contributed by atoms with van der Waals surface area (Å²) in [6.45, 7) is 3.04. The maximum atomic E-state index is 12.3. The van der Waals surface area contributed by atoms with E-state index in [0.717, 1.165) is 38.8 Å². The van der Waals surface area contributed by atoms with Gasteiger partial charge in [-0.15, -0.1) is 0 Å². The molecule has 0 spiro atoms. The molecule has 0 aromatic carbocycles. The highest BCUT2D eigenvalue weighted by Crippen LogP contribution is 2.15. The SMILES string of the molecule is O=C(NC1CCN(C(=O)c2ccco2)CC1)N1CCCCCC1. The Bertz CT molecular complexity index is 513. The lowest BCUT2D eigenvalue weighted by molar-refractivity contribution is 0.0674. The minimum absolute atomic E-state index is 0.0581. The van der Waals surface area contributed by atoms with Crippen molar-refractivity contribution in [1.82, 2.24) is 15.1 Å². The predicted molar refractivity (Wildman–Crippen MR) is 86.2 cm³/mol. The molecule has 1 aromatic heterocycles. The summed E-state index contributed by atoms with van der Waals surface area (Å²) >= 11 is 0. The van der Waals surface area contributed by atoms with Crippen molar-refractivity contribution in [1.29, 1.82) is 0 Å². The second kappa shape index (κ2) is 7.53. The number of hydrogen-bond acceptors (Lipinski definition) is 3. The average Bonchev–Trinajstić information content (AvgIpc) is 2.97. The highest BCUT2D eigenvalue weighted by Gasteiger charge is 2.27. The lowest BCUT2D eigenvalue weighted by atomic mass is 10.0. The largest absolute Gasteiger partial charge is 0.459 e. The quantitative estimate of drug-likeness (QED) is 0.910. The molecule has 0 saturated carbocycles. The van der Waals surface area contributed by atoms with Crippen molar-refractivity contribution in [3.8, 4) is 0 Å². The standard InChI is InChI=1S/C17H25N3O3/c21-16(15-6-5-13-23-15)19-11-7-14(8-12-19)18-17(22)20-9-3-1-2-4-10-20/h5-6,13-14H,1-4,7-12H2,(H,18,22). The summed E-state index contributed by atoms with van der Waals surface area (Å²) in [4.78, 5) is 28.3. The van der Waals surface area contributed by atoms with E-state index in [2.05, 4.69) is 5.32 Å². The molecule has 2 aliphatic rings. The summed E-state index contributed by atoms with van der Waals surface area (Å²) in [5.74, 6) is 0.323. The maximum absolute atomic E-state index is 12.3. The van der Waals surface area contributed by atoms with Crippen LogP contribution in [0.2, 0.25) is 0 Å². The number of hydrogen-bond donors (Lipinski definition) is 1. The third-order valence-electron chi connectivity index (χ3n) is 4.74. The number of carbonyl (C=O) groups excluding carboxylic acids is 2. The smallest absolute Gasteiger partial charge is 0.317 e. The van der Waals surface area contributed by atoms with E-state index in [1.807, 2.05) is 4.90 Å². The molecular formula is C17H25N3O3. The topological polar surface area (TPSA) is 65.8 Å². The van der Waals surface area contributed by atoms with E-state index >= 15 is 0 Å². The molecule has 6 heteroatoms. The van der Waals surface area contributed by atoms with E-state index < -0.39 is 0 Å². The number of rotatable bonds is 2. The lowest BCUT2D eigenvalue weighted by Gasteiger charge is -2.33. The van der Waals surface area contributed by atoms with Gasteiger partial charge in [0, 0.05) is 32.2 Å². The summed E-state index contributed by atoms with van der Waals surface area (Å²) in [5.41, 5.74) is 0. The summed E-state index contributed by atoms with van der Waals surface area (Å²) in [5, 5.41) is 3.14. The number of carbonyl (C=O) groups is 2. The summed E-state index contributed by atoms with van der Waals surface area (Å²) in [7, 11) is 0. The fourth-order valence-corrected chi connectivity index (χ4v) is 3.32. The Morgan fingerprint density at radius 2 is 1.70 bits per heavy atom. The maximum Gasteiger partial charge on any atom is 0.317 e. The van der Waals surface area contributed by atoms with Crippen molar-refractivity contribution in [3.63, 3.8) is 0 Å². The molecule has 1 N–H and O–H groups in total. The first-order valence-electron chi connectivity index (χ1n) is 8.62. The normalized spacial score (nSPS) is 20.2. The molecule has 23 heavy (non-hydrogen) atoms. The number of urea groups is 1. The first kappa shape index (κ1) is 15.9. The Kier molecular flexibility index (Phi) is 5.20. The molecule has 0 radical (unpaired) electrons. The van der Waals surface area contributed by atoms with Crippen LogP contribution in [-0.2, 0) is 0 Å². The zero-order chi connectivity index (χ0) is 16.1. The van der Waals surface area contributed by atoms with Gasteiger partial charge in [0.2, 0.25) is 0 Å². The van der Waals surface area contributed by atoms with E-state index in [9.17, 15) is 9.59 Å². The minimum atomic E-state index is -0.0627. The highest BCUT2D eigenvalue weighted by atomic mass is 16.3. The summed E-state index contributed by atoms with van der Waals surface area (Å²) in [6.07, 6.45) is 7.75. The van der Waals surface area contributed by atoms with Crippen LogP contribution in [0.3, 0.4) is 0 Å². The number of nitrogens with zero attached hydrogens (tertiary/aromatic N) is 2. The lowest BCUT2D eigenvalue weighted by Crippen LogP contribution is -2.50. The van der Waals surface area contributed by atoms with Crippen molar-refractivity contribution in [2.24, 2.45) is 0 Å². The fourth-order valence-electron chi connectivity index (χ4n) is 3.32. The van der Waals surface area contributed by atoms with Crippen LogP contribution in [0.25, 0.3) is 0 Å². The van der Waals surface area contributed by atoms with Crippen LogP contribution in [0.5, 0.6) is 0 Å². The number of nitrogens with one attached hydrogen (secondary N) is 1. The van der Waals surface area contributed by atoms with Crippen molar-refractivity contribution in [2.75, 3.05) is 26.2 Å². The zero-order valence-electron chi connectivity index (χ0n) is 13.5. The zero-order valence-corrected chi connectivity index (χ0v) is 13.5. The minimum Gasteiger partial charge on any atom is -0.459 e.